The number of methoxy groups -OCH3 is 1. The molecule has 1 N–H and O–H groups in total. The third-order valence-electron chi connectivity index (χ3n) is 5.52. The van der Waals surface area contributed by atoms with Crippen molar-refractivity contribution < 1.29 is 18.4 Å². The molecule has 0 atom stereocenters. The molecule has 1 fully saturated rings. The SMILES string of the molecule is COCCCNC(=O)C1CCN(c2ncccc2-c2nc(-c3cccc(F)c3)no2)CC1. The summed E-state index contributed by atoms with van der Waals surface area (Å²) >= 11 is 0. The van der Waals surface area contributed by atoms with Crippen molar-refractivity contribution in [3.05, 3.63) is 48.4 Å². The van der Waals surface area contributed by atoms with Gasteiger partial charge in [0.2, 0.25) is 11.7 Å². The fourth-order valence-electron chi connectivity index (χ4n) is 3.82. The van der Waals surface area contributed by atoms with Gasteiger partial charge in [0.05, 0.1) is 5.56 Å². The van der Waals surface area contributed by atoms with Crippen LogP contribution in [-0.2, 0) is 9.53 Å². The summed E-state index contributed by atoms with van der Waals surface area (Å²) in [5.41, 5.74) is 1.26. The Morgan fingerprint density at radius 2 is 2.12 bits per heavy atom. The molecule has 0 aliphatic carbocycles. The van der Waals surface area contributed by atoms with Crippen molar-refractivity contribution in [2.45, 2.75) is 19.3 Å². The van der Waals surface area contributed by atoms with Crippen molar-refractivity contribution in [3.63, 3.8) is 0 Å². The summed E-state index contributed by atoms with van der Waals surface area (Å²) < 4.78 is 24.0. The Morgan fingerprint density at radius 3 is 2.91 bits per heavy atom. The Hall–Kier alpha value is -3.33. The van der Waals surface area contributed by atoms with Crippen LogP contribution in [0.4, 0.5) is 10.2 Å². The number of halogens is 1. The zero-order valence-corrected chi connectivity index (χ0v) is 18.0. The summed E-state index contributed by atoms with van der Waals surface area (Å²) in [4.78, 5) is 23.5. The quantitative estimate of drug-likeness (QED) is 0.538. The van der Waals surface area contributed by atoms with Crippen LogP contribution >= 0.6 is 0 Å². The third-order valence-corrected chi connectivity index (χ3v) is 5.52. The lowest BCUT2D eigenvalue weighted by Gasteiger charge is -2.32. The lowest BCUT2D eigenvalue weighted by Crippen LogP contribution is -2.41. The number of aromatic nitrogens is 3. The predicted molar refractivity (Wildman–Crippen MR) is 117 cm³/mol. The fourth-order valence-corrected chi connectivity index (χ4v) is 3.82. The highest BCUT2D eigenvalue weighted by atomic mass is 19.1. The molecular weight excluding hydrogens is 413 g/mol. The molecule has 32 heavy (non-hydrogen) atoms. The molecule has 0 unspecified atom stereocenters. The number of hydrogen-bond acceptors (Lipinski definition) is 7. The normalized spacial score (nSPS) is 14.5. The maximum atomic E-state index is 13.5. The molecule has 168 valence electrons. The zero-order chi connectivity index (χ0) is 22.3. The van der Waals surface area contributed by atoms with Crippen LogP contribution in [0.1, 0.15) is 19.3 Å². The topological polar surface area (TPSA) is 93.4 Å². The van der Waals surface area contributed by atoms with Crippen molar-refractivity contribution >= 4 is 11.7 Å². The van der Waals surface area contributed by atoms with Gasteiger partial charge >= 0.3 is 0 Å². The van der Waals surface area contributed by atoms with E-state index in [0.29, 0.717) is 49.1 Å². The largest absolute Gasteiger partial charge is 0.385 e. The Kier molecular flexibility index (Phi) is 7.06. The number of amides is 1. The molecule has 0 radical (unpaired) electrons. The lowest BCUT2D eigenvalue weighted by atomic mass is 9.95. The Balaban J connectivity index is 1.43. The molecule has 1 amide bonds. The molecule has 1 aliphatic rings. The van der Waals surface area contributed by atoms with E-state index in [9.17, 15) is 9.18 Å². The summed E-state index contributed by atoms with van der Waals surface area (Å²) in [6.45, 7) is 2.66. The summed E-state index contributed by atoms with van der Waals surface area (Å²) in [6.07, 6.45) is 4.01. The van der Waals surface area contributed by atoms with E-state index >= 15 is 0 Å². The van der Waals surface area contributed by atoms with E-state index in [1.54, 1.807) is 25.4 Å². The van der Waals surface area contributed by atoms with Gasteiger partial charge in [-0.15, -0.1) is 0 Å². The van der Waals surface area contributed by atoms with Crippen LogP contribution in [0.5, 0.6) is 0 Å². The first-order valence-electron chi connectivity index (χ1n) is 10.7. The number of carbonyl (C=O) groups is 1. The summed E-state index contributed by atoms with van der Waals surface area (Å²) in [7, 11) is 1.65. The predicted octanol–water partition coefficient (Wildman–Crippen LogP) is 3.31. The van der Waals surface area contributed by atoms with Crippen molar-refractivity contribution in [1.29, 1.82) is 0 Å². The van der Waals surface area contributed by atoms with E-state index in [0.717, 1.165) is 25.1 Å². The van der Waals surface area contributed by atoms with Crippen molar-refractivity contribution in [3.8, 4) is 22.8 Å². The van der Waals surface area contributed by atoms with E-state index in [1.165, 1.54) is 12.1 Å². The highest BCUT2D eigenvalue weighted by Gasteiger charge is 2.27. The molecule has 0 spiro atoms. The van der Waals surface area contributed by atoms with Crippen LogP contribution in [0.25, 0.3) is 22.8 Å². The van der Waals surface area contributed by atoms with Crippen molar-refractivity contribution in [2.24, 2.45) is 5.92 Å². The molecular formula is C23H26FN5O3. The molecule has 1 aliphatic heterocycles. The maximum absolute atomic E-state index is 13.5. The molecule has 3 aromatic rings. The van der Waals surface area contributed by atoms with Crippen LogP contribution in [0.2, 0.25) is 0 Å². The monoisotopic (exact) mass is 439 g/mol. The Morgan fingerprint density at radius 1 is 1.28 bits per heavy atom. The van der Waals surface area contributed by atoms with Crippen LogP contribution in [-0.4, -0.2) is 54.4 Å². The Bertz CT molecular complexity index is 1050. The van der Waals surface area contributed by atoms with Crippen LogP contribution in [0, 0.1) is 11.7 Å². The van der Waals surface area contributed by atoms with E-state index in [1.807, 2.05) is 12.1 Å². The van der Waals surface area contributed by atoms with Gasteiger partial charge in [0.15, 0.2) is 0 Å². The highest BCUT2D eigenvalue weighted by molar-refractivity contribution is 5.79. The van der Waals surface area contributed by atoms with E-state index in [2.05, 4.69) is 25.3 Å². The number of anilines is 1. The van der Waals surface area contributed by atoms with Gasteiger partial charge in [-0.05, 0) is 43.5 Å². The van der Waals surface area contributed by atoms with Gasteiger partial charge in [-0.25, -0.2) is 9.37 Å². The standard InChI is InChI=1S/C23H26FN5O3/c1-31-14-4-11-26-22(30)16-8-12-29(13-9-16)21-19(7-3-10-25-21)23-27-20(28-32-23)17-5-2-6-18(24)15-17/h2-3,5-7,10,15-16H,4,8-9,11-14H2,1H3,(H,26,30). The van der Waals surface area contributed by atoms with Gasteiger partial charge in [0, 0.05) is 51.0 Å². The minimum Gasteiger partial charge on any atom is -0.385 e. The number of benzene rings is 1. The maximum Gasteiger partial charge on any atom is 0.261 e. The molecule has 3 heterocycles. The highest BCUT2D eigenvalue weighted by Crippen LogP contribution is 2.32. The number of nitrogens with one attached hydrogen (secondary N) is 1. The number of pyridine rings is 1. The summed E-state index contributed by atoms with van der Waals surface area (Å²) in [5, 5.41) is 6.99. The molecule has 4 rings (SSSR count). The molecule has 1 aromatic carbocycles. The van der Waals surface area contributed by atoms with Gasteiger partial charge < -0.3 is 19.5 Å². The average Bonchev–Trinajstić information content (AvgIpc) is 3.32. The molecule has 0 saturated carbocycles. The van der Waals surface area contributed by atoms with Gasteiger partial charge in [-0.2, -0.15) is 4.98 Å². The smallest absolute Gasteiger partial charge is 0.261 e. The number of ether oxygens (including phenoxy) is 1. The minimum atomic E-state index is -0.360. The summed E-state index contributed by atoms with van der Waals surface area (Å²) in [6, 6.07) is 9.75. The molecule has 2 aromatic heterocycles. The van der Waals surface area contributed by atoms with Gasteiger partial charge in [-0.1, -0.05) is 17.3 Å². The van der Waals surface area contributed by atoms with E-state index in [-0.39, 0.29) is 17.6 Å². The lowest BCUT2D eigenvalue weighted by molar-refractivity contribution is -0.125. The van der Waals surface area contributed by atoms with Gasteiger partial charge in [0.1, 0.15) is 11.6 Å². The van der Waals surface area contributed by atoms with Crippen LogP contribution in [0.15, 0.2) is 47.1 Å². The van der Waals surface area contributed by atoms with Gasteiger partial charge in [-0.3, -0.25) is 4.79 Å². The second-order valence-electron chi connectivity index (χ2n) is 7.71. The first-order valence-corrected chi connectivity index (χ1v) is 10.7. The summed E-state index contributed by atoms with van der Waals surface area (Å²) in [5.74, 6) is 1.11. The van der Waals surface area contributed by atoms with E-state index < -0.39 is 0 Å². The number of nitrogens with zero attached hydrogens (tertiary/aromatic N) is 4. The molecule has 1 saturated heterocycles. The molecule has 8 nitrogen and oxygen atoms in total. The first-order chi connectivity index (χ1) is 15.7. The number of piperidine rings is 1. The van der Waals surface area contributed by atoms with E-state index in [4.69, 9.17) is 9.26 Å². The Labute approximate surface area is 185 Å². The third kappa shape index (κ3) is 5.11. The van der Waals surface area contributed by atoms with Crippen molar-refractivity contribution in [2.75, 3.05) is 38.3 Å². The minimum absolute atomic E-state index is 0.0102. The van der Waals surface area contributed by atoms with Crippen LogP contribution in [0.3, 0.4) is 0 Å². The average molecular weight is 439 g/mol. The fraction of sp³-hybridized carbons (Fsp3) is 0.391. The second-order valence-corrected chi connectivity index (χ2v) is 7.71. The number of carbonyl (C=O) groups excluding carboxylic acids is 1. The number of hydrogen-bond donors (Lipinski definition) is 1. The zero-order valence-electron chi connectivity index (χ0n) is 18.0. The molecule has 9 heteroatoms. The van der Waals surface area contributed by atoms with Gasteiger partial charge in [0.25, 0.3) is 5.89 Å². The first kappa shape index (κ1) is 21.9. The second kappa shape index (κ2) is 10.3. The molecule has 0 bridgehead atoms. The number of rotatable bonds is 8. The van der Waals surface area contributed by atoms with Crippen molar-refractivity contribution in [1.82, 2.24) is 20.4 Å². The van der Waals surface area contributed by atoms with Crippen LogP contribution < -0.4 is 10.2 Å².